The molecule has 0 aromatic heterocycles. The Morgan fingerprint density at radius 3 is 2.45 bits per heavy atom. The Bertz CT molecular complexity index is 508. The number of nitro benzene ring substituents is 1. The van der Waals surface area contributed by atoms with Crippen molar-refractivity contribution in [1.29, 1.82) is 0 Å². The van der Waals surface area contributed by atoms with Crippen molar-refractivity contribution in [2.75, 3.05) is 11.8 Å². The number of amides is 1. The van der Waals surface area contributed by atoms with Crippen LogP contribution < -0.4 is 5.32 Å². The molecule has 1 amide bonds. The molecule has 0 radical (unpaired) electrons. The van der Waals surface area contributed by atoms with E-state index < -0.39 is 16.4 Å². The summed E-state index contributed by atoms with van der Waals surface area (Å²) in [4.78, 5) is 22.5. The van der Waals surface area contributed by atoms with Crippen LogP contribution in [0.3, 0.4) is 0 Å². The van der Waals surface area contributed by atoms with Crippen LogP contribution in [-0.4, -0.2) is 28.1 Å². The third kappa shape index (κ3) is 3.61. The topological polar surface area (TPSA) is 72.2 Å². The van der Waals surface area contributed by atoms with E-state index >= 15 is 0 Å². The molecule has 7 heteroatoms. The smallest absolute Gasteiger partial charge is 0.273 e. The number of benzene rings is 1. The average molecular weight is 319 g/mol. The zero-order valence-electron chi connectivity index (χ0n) is 11.3. The molecule has 0 bridgehead atoms. The number of aryl methyl sites for hydroxylation is 1. The van der Waals surface area contributed by atoms with E-state index in [0.29, 0.717) is 12.0 Å². The molecular formula is C13H16Cl2N2O3. The first-order valence-electron chi connectivity index (χ1n) is 6.08. The zero-order valence-corrected chi connectivity index (χ0v) is 12.8. The monoisotopic (exact) mass is 318 g/mol. The van der Waals surface area contributed by atoms with Crippen molar-refractivity contribution < 1.29 is 9.72 Å². The van der Waals surface area contributed by atoms with Crippen LogP contribution in [0.1, 0.15) is 29.3 Å². The van der Waals surface area contributed by atoms with Crippen LogP contribution >= 0.6 is 23.2 Å². The predicted molar refractivity (Wildman–Crippen MR) is 79.8 cm³/mol. The average Bonchev–Trinajstić information content (AvgIpc) is 2.45. The van der Waals surface area contributed by atoms with Crippen LogP contribution in [0, 0.1) is 17.0 Å². The van der Waals surface area contributed by atoms with Crippen LogP contribution in [0.15, 0.2) is 18.2 Å². The summed E-state index contributed by atoms with van der Waals surface area (Å²) in [7, 11) is 0. The van der Waals surface area contributed by atoms with Gasteiger partial charge in [-0.2, -0.15) is 0 Å². The largest absolute Gasteiger partial charge is 0.344 e. The highest BCUT2D eigenvalue weighted by molar-refractivity contribution is 6.22. The van der Waals surface area contributed by atoms with E-state index in [-0.39, 0.29) is 23.0 Å². The van der Waals surface area contributed by atoms with Gasteiger partial charge >= 0.3 is 0 Å². The van der Waals surface area contributed by atoms with E-state index in [0.717, 1.165) is 0 Å². The molecule has 0 saturated heterocycles. The van der Waals surface area contributed by atoms with Crippen LogP contribution in [0.25, 0.3) is 0 Å². The minimum atomic E-state index is -0.708. The Morgan fingerprint density at radius 1 is 1.40 bits per heavy atom. The van der Waals surface area contributed by atoms with E-state index in [1.165, 1.54) is 6.07 Å². The van der Waals surface area contributed by atoms with E-state index in [1.807, 2.05) is 6.92 Å². The van der Waals surface area contributed by atoms with Gasteiger partial charge in [0.2, 0.25) is 0 Å². The summed E-state index contributed by atoms with van der Waals surface area (Å²) in [5.41, 5.74) is -0.0744. The van der Waals surface area contributed by atoms with E-state index in [9.17, 15) is 14.9 Å². The number of rotatable bonds is 6. The maximum Gasteiger partial charge on any atom is 0.273 e. The number of alkyl halides is 2. The number of nitro groups is 1. The first-order valence-corrected chi connectivity index (χ1v) is 7.15. The first-order chi connectivity index (χ1) is 9.39. The molecule has 110 valence electrons. The van der Waals surface area contributed by atoms with Crippen molar-refractivity contribution in [2.45, 2.75) is 25.8 Å². The first kappa shape index (κ1) is 16.7. The maximum absolute atomic E-state index is 12.2. The molecule has 0 heterocycles. The summed E-state index contributed by atoms with van der Waals surface area (Å²) < 4.78 is 0. The Labute approximate surface area is 127 Å². The predicted octanol–water partition coefficient (Wildman–Crippen LogP) is 3.26. The summed E-state index contributed by atoms with van der Waals surface area (Å²) in [6.45, 7) is 3.48. The molecule has 0 atom stereocenters. The number of hydrogen-bond donors (Lipinski definition) is 1. The third-order valence-corrected chi connectivity index (χ3v) is 4.26. The Hall–Kier alpha value is -1.33. The number of halogens is 2. The fraction of sp³-hybridized carbons (Fsp3) is 0.462. The molecule has 5 nitrogen and oxygen atoms in total. The third-order valence-electron chi connectivity index (χ3n) is 3.24. The Kier molecular flexibility index (Phi) is 5.77. The van der Waals surface area contributed by atoms with Gasteiger partial charge in [0.25, 0.3) is 11.6 Å². The van der Waals surface area contributed by atoms with Gasteiger partial charge in [0.1, 0.15) is 0 Å². The summed E-state index contributed by atoms with van der Waals surface area (Å²) in [5, 5.41) is 13.6. The molecule has 0 unspecified atom stereocenters. The second-order valence-corrected chi connectivity index (χ2v) is 5.15. The van der Waals surface area contributed by atoms with Gasteiger partial charge in [0.15, 0.2) is 0 Å². The number of nitrogens with one attached hydrogen (secondary N) is 1. The SMILES string of the molecule is CCC(CCl)(CCl)NC(=O)c1ccc(C)c([N+](=O)[O-])c1. The summed E-state index contributed by atoms with van der Waals surface area (Å²) in [5.74, 6) is -0.0735. The van der Waals surface area contributed by atoms with E-state index in [4.69, 9.17) is 23.2 Å². The van der Waals surface area contributed by atoms with E-state index in [2.05, 4.69) is 5.32 Å². The molecule has 1 aromatic carbocycles. The number of carbonyl (C=O) groups is 1. The standard InChI is InChI=1S/C13H16Cl2N2O3/c1-3-13(7-14,8-15)16-12(18)10-5-4-9(2)11(6-10)17(19)20/h4-6H,3,7-8H2,1-2H3,(H,16,18). The van der Waals surface area contributed by atoms with Crippen molar-refractivity contribution in [3.8, 4) is 0 Å². The lowest BCUT2D eigenvalue weighted by Crippen LogP contribution is -2.51. The van der Waals surface area contributed by atoms with Gasteiger partial charge in [-0.15, -0.1) is 23.2 Å². The van der Waals surface area contributed by atoms with Crippen LogP contribution in [0.4, 0.5) is 5.69 Å². The Morgan fingerprint density at radius 2 is 2.00 bits per heavy atom. The van der Waals surface area contributed by atoms with Gasteiger partial charge in [0.05, 0.1) is 10.5 Å². The van der Waals surface area contributed by atoms with Gasteiger partial charge in [-0.3, -0.25) is 14.9 Å². The minimum absolute atomic E-state index is 0.0866. The van der Waals surface area contributed by atoms with Gasteiger partial charge in [-0.1, -0.05) is 13.0 Å². The molecule has 1 rings (SSSR count). The molecule has 0 aliphatic heterocycles. The van der Waals surface area contributed by atoms with Gasteiger partial charge in [-0.25, -0.2) is 0 Å². The molecule has 20 heavy (non-hydrogen) atoms. The highest BCUT2D eigenvalue weighted by atomic mass is 35.5. The number of hydrogen-bond acceptors (Lipinski definition) is 3. The van der Waals surface area contributed by atoms with Crippen molar-refractivity contribution in [3.63, 3.8) is 0 Å². The number of carbonyl (C=O) groups excluding carboxylic acids is 1. The van der Waals surface area contributed by atoms with E-state index in [1.54, 1.807) is 19.1 Å². The molecule has 0 saturated carbocycles. The maximum atomic E-state index is 12.2. The fourth-order valence-corrected chi connectivity index (χ4v) is 2.44. The molecule has 1 aromatic rings. The molecular weight excluding hydrogens is 303 g/mol. The second-order valence-electron chi connectivity index (χ2n) is 4.61. The highest BCUT2D eigenvalue weighted by Crippen LogP contribution is 2.21. The number of nitrogens with zero attached hydrogens (tertiary/aromatic N) is 1. The van der Waals surface area contributed by atoms with Gasteiger partial charge < -0.3 is 5.32 Å². The summed E-state index contributed by atoms with van der Waals surface area (Å²) in [6.07, 6.45) is 0.569. The van der Waals surface area contributed by atoms with Gasteiger partial charge in [0, 0.05) is 29.0 Å². The van der Waals surface area contributed by atoms with Crippen LogP contribution in [0.5, 0.6) is 0 Å². The molecule has 1 N–H and O–H groups in total. The molecule has 0 fully saturated rings. The molecule has 0 spiro atoms. The Balaban J connectivity index is 3.04. The van der Waals surface area contributed by atoms with Crippen molar-refractivity contribution >= 4 is 34.8 Å². The summed E-state index contributed by atoms with van der Waals surface area (Å²) in [6, 6.07) is 4.34. The van der Waals surface area contributed by atoms with Crippen LogP contribution in [-0.2, 0) is 0 Å². The molecule has 0 aliphatic rings. The van der Waals surface area contributed by atoms with Crippen molar-refractivity contribution in [2.24, 2.45) is 0 Å². The van der Waals surface area contributed by atoms with Gasteiger partial charge in [-0.05, 0) is 19.4 Å². The lowest BCUT2D eigenvalue weighted by Gasteiger charge is -2.29. The normalized spacial score (nSPS) is 11.2. The molecule has 0 aliphatic carbocycles. The van der Waals surface area contributed by atoms with Crippen molar-refractivity contribution in [1.82, 2.24) is 5.32 Å². The lowest BCUT2D eigenvalue weighted by atomic mass is 10.00. The lowest BCUT2D eigenvalue weighted by molar-refractivity contribution is -0.385. The fourth-order valence-electron chi connectivity index (χ4n) is 1.64. The second kappa shape index (κ2) is 6.90. The van der Waals surface area contributed by atoms with Crippen LogP contribution in [0.2, 0.25) is 0 Å². The highest BCUT2D eigenvalue weighted by Gasteiger charge is 2.29. The zero-order chi connectivity index (χ0) is 15.3. The minimum Gasteiger partial charge on any atom is -0.344 e. The van der Waals surface area contributed by atoms with Crippen molar-refractivity contribution in [3.05, 3.63) is 39.4 Å². The quantitative estimate of drug-likeness (QED) is 0.497. The summed E-state index contributed by atoms with van der Waals surface area (Å²) >= 11 is 11.7.